The van der Waals surface area contributed by atoms with E-state index in [0.717, 1.165) is 0 Å². The second-order valence-corrected chi connectivity index (χ2v) is 4.30. The molecule has 0 heterocycles. The summed E-state index contributed by atoms with van der Waals surface area (Å²) in [5.74, 6) is 0.593. The molecule has 0 unspecified atom stereocenters. The molecule has 0 radical (unpaired) electrons. The first-order chi connectivity index (χ1) is 7.65. The Labute approximate surface area is 98.2 Å². The number of hydrogen-bond donors (Lipinski definition) is 1. The maximum atomic E-state index is 10.7. The van der Waals surface area contributed by atoms with Crippen LogP contribution >= 0.6 is 11.8 Å². The number of hydrogen-bond acceptors (Lipinski definition) is 4. The Morgan fingerprint density at radius 1 is 1.50 bits per heavy atom. The molecular weight excluding hydrogens is 224 g/mol. The standard InChI is InChI=1S/C12H12O3S/c1-9(14)16-7-3-5-11-10(8-13)4-2-6-12(11)15/h2-6,8,15H,7H2,1H3. The zero-order chi connectivity index (χ0) is 12.0. The van der Waals surface area contributed by atoms with Crippen LogP contribution in [-0.4, -0.2) is 22.3 Å². The highest BCUT2D eigenvalue weighted by Crippen LogP contribution is 2.21. The summed E-state index contributed by atoms with van der Waals surface area (Å²) in [6.07, 6.45) is 4.08. The molecule has 16 heavy (non-hydrogen) atoms. The number of aldehydes is 1. The number of carbonyl (C=O) groups is 2. The van der Waals surface area contributed by atoms with E-state index in [1.54, 1.807) is 24.3 Å². The first kappa shape index (κ1) is 12.5. The topological polar surface area (TPSA) is 54.4 Å². The number of phenols is 1. The summed E-state index contributed by atoms with van der Waals surface area (Å²) in [5.41, 5.74) is 0.922. The van der Waals surface area contributed by atoms with Crippen molar-refractivity contribution in [2.24, 2.45) is 0 Å². The largest absolute Gasteiger partial charge is 0.507 e. The van der Waals surface area contributed by atoms with Crippen molar-refractivity contribution in [3.63, 3.8) is 0 Å². The zero-order valence-electron chi connectivity index (χ0n) is 8.84. The van der Waals surface area contributed by atoms with Crippen molar-refractivity contribution in [3.05, 3.63) is 35.4 Å². The zero-order valence-corrected chi connectivity index (χ0v) is 9.66. The summed E-state index contributed by atoms with van der Waals surface area (Å²) in [5, 5.41) is 9.59. The normalized spacial score (nSPS) is 10.6. The van der Waals surface area contributed by atoms with Crippen LogP contribution in [0.1, 0.15) is 22.8 Å². The molecule has 0 saturated carbocycles. The van der Waals surface area contributed by atoms with Gasteiger partial charge in [-0.3, -0.25) is 9.59 Å². The Bertz CT molecular complexity index is 424. The van der Waals surface area contributed by atoms with Crippen molar-refractivity contribution in [3.8, 4) is 5.75 Å². The predicted molar refractivity (Wildman–Crippen MR) is 65.7 cm³/mol. The minimum absolute atomic E-state index is 0.0394. The van der Waals surface area contributed by atoms with Gasteiger partial charge in [0, 0.05) is 23.8 Å². The summed E-state index contributed by atoms with van der Waals surface area (Å²) >= 11 is 1.17. The smallest absolute Gasteiger partial charge is 0.186 e. The van der Waals surface area contributed by atoms with Gasteiger partial charge in [-0.25, -0.2) is 0 Å². The Morgan fingerprint density at radius 2 is 2.25 bits per heavy atom. The molecule has 0 fully saturated rings. The van der Waals surface area contributed by atoms with Crippen LogP contribution in [0.2, 0.25) is 0 Å². The maximum Gasteiger partial charge on any atom is 0.186 e. The van der Waals surface area contributed by atoms with Gasteiger partial charge in [0.25, 0.3) is 0 Å². The fraction of sp³-hybridized carbons (Fsp3) is 0.167. The fourth-order valence-electron chi connectivity index (χ4n) is 1.19. The lowest BCUT2D eigenvalue weighted by atomic mass is 10.1. The highest BCUT2D eigenvalue weighted by atomic mass is 32.2. The molecule has 0 spiro atoms. The number of rotatable bonds is 4. The van der Waals surface area contributed by atoms with Crippen molar-refractivity contribution >= 4 is 29.2 Å². The van der Waals surface area contributed by atoms with Gasteiger partial charge in [-0.1, -0.05) is 36.0 Å². The van der Waals surface area contributed by atoms with Crippen LogP contribution in [0, 0.1) is 0 Å². The van der Waals surface area contributed by atoms with Crippen LogP contribution in [0.25, 0.3) is 6.08 Å². The van der Waals surface area contributed by atoms with E-state index in [9.17, 15) is 14.7 Å². The summed E-state index contributed by atoms with van der Waals surface area (Å²) in [4.78, 5) is 21.4. The maximum absolute atomic E-state index is 10.7. The van der Waals surface area contributed by atoms with Crippen LogP contribution in [0.5, 0.6) is 5.75 Å². The molecule has 1 rings (SSSR count). The molecule has 4 heteroatoms. The Balaban J connectivity index is 2.79. The molecule has 84 valence electrons. The number of aromatic hydroxyl groups is 1. The molecule has 0 amide bonds. The second-order valence-electron chi connectivity index (χ2n) is 3.10. The van der Waals surface area contributed by atoms with E-state index in [1.165, 1.54) is 24.8 Å². The van der Waals surface area contributed by atoms with Crippen molar-refractivity contribution in [1.82, 2.24) is 0 Å². The number of phenolic OH excluding ortho intramolecular Hbond substituents is 1. The van der Waals surface area contributed by atoms with Crippen LogP contribution < -0.4 is 0 Å². The van der Waals surface area contributed by atoms with Gasteiger partial charge < -0.3 is 5.11 Å². The number of benzene rings is 1. The van der Waals surface area contributed by atoms with Crippen molar-refractivity contribution in [2.45, 2.75) is 6.92 Å². The average molecular weight is 236 g/mol. The lowest BCUT2D eigenvalue weighted by Gasteiger charge is -2.01. The molecule has 0 bridgehead atoms. The molecule has 1 aromatic carbocycles. The van der Waals surface area contributed by atoms with E-state index in [0.29, 0.717) is 23.2 Å². The molecule has 0 aliphatic rings. The van der Waals surface area contributed by atoms with Crippen molar-refractivity contribution in [2.75, 3.05) is 5.75 Å². The van der Waals surface area contributed by atoms with E-state index >= 15 is 0 Å². The summed E-state index contributed by atoms with van der Waals surface area (Å²) < 4.78 is 0. The first-order valence-corrected chi connectivity index (χ1v) is 5.70. The van der Waals surface area contributed by atoms with Gasteiger partial charge in [0.05, 0.1) is 0 Å². The highest BCUT2D eigenvalue weighted by Gasteiger charge is 2.02. The predicted octanol–water partition coefficient (Wildman–Crippen LogP) is 2.50. The second kappa shape index (κ2) is 6.12. The summed E-state index contributed by atoms with van der Waals surface area (Å²) in [6.45, 7) is 1.50. The van der Waals surface area contributed by atoms with Crippen LogP contribution in [-0.2, 0) is 4.79 Å². The van der Waals surface area contributed by atoms with Gasteiger partial charge in [-0.2, -0.15) is 0 Å². The molecule has 0 saturated heterocycles. The van der Waals surface area contributed by atoms with Crippen LogP contribution in [0.4, 0.5) is 0 Å². The SMILES string of the molecule is CC(=O)SCC=Cc1c(O)cccc1C=O. The summed E-state index contributed by atoms with van der Waals surface area (Å²) in [7, 11) is 0. The van der Waals surface area contributed by atoms with Crippen molar-refractivity contribution < 1.29 is 14.7 Å². The van der Waals surface area contributed by atoms with Gasteiger partial charge in [-0.15, -0.1) is 0 Å². The molecule has 0 aromatic heterocycles. The molecule has 0 aliphatic heterocycles. The lowest BCUT2D eigenvalue weighted by molar-refractivity contribution is -0.109. The van der Waals surface area contributed by atoms with Crippen molar-refractivity contribution in [1.29, 1.82) is 0 Å². The van der Waals surface area contributed by atoms with Gasteiger partial charge in [0.1, 0.15) is 5.75 Å². The van der Waals surface area contributed by atoms with Gasteiger partial charge in [-0.05, 0) is 6.07 Å². The fourth-order valence-corrected chi connectivity index (χ4v) is 1.61. The van der Waals surface area contributed by atoms with E-state index in [2.05, 4.69) is 0 Å². The Kier molecular flexibility index (Phi) is 4.79. The van der Waals surface area contributed by atoms with Crippen LogP contribution in [0.3, 0.4) is 0 Å². The van der Waals surface area contributed by atoms with E-state index in [1.807, 2.05) is 0 Å². The molecule has 0 aliphatic carbocycles. The first-order valence-electron chi connectivity index (χ1n) is 4.72. The third-order valence-electron chi connectivity index (χ3n) is 1.91. The van der Waals surface area contributed by atoms with E-state index in [-0.39, 0.29) is 10.9 Å². The monoisotopic (exact) mass is 236 g/mol. The number of thioether (sulfide) groups is 1. The quantitative estimate of drug-likeness (QED) is 0.816. The molecule has 1 aromatic rings. The number of carbonyl (C=O) groups excluding carboxylic acids is 2. The van der Waals surface area contributed by atoms with Gasteiger partial charge >= 0.3 is 0 Å². The lowest BCUT2D eigenvalue weighted by Crippen LogP contribution is -1.87. The Morgan fingerprint density at radius 3 is 2.88 bits per heavy atom. The van der Waals surface area contributed by atoms with E-state index in [4.69, 9.17) is 0 Å². The molecule has 1 N–H and O–H groups in total. The van der Waals surface area contributed by atoms with Gasteiger partial charge in [0.15, 0.2) is 11.4 Å². The average Bonchev–Trinajstić information content (AvgIpc) is 2.25. The molecule has 3 nitrogen and oxygen atoms in total. The third-order valence-corrected chi connectivity index (χ3v) is 2.68. The minimum Gasteiger partial charge on any atom is -0.507 e. The third kappa shape index (κ3) is 3.55. The molecular formula is C12H12O3S. The van der Waals surface area contributed by atoms with Crippen LogP contribution in [0.15, 0.2) is 24.3 Å². The molecule has 0 atom stereocenters. The highest BCUT2D eigenvalue weighted by molar-refractivity contribution is 8.13. The Hall–Kier alpha value is -1.55. The minimum atomic E-state index is 0.0394. The van der Waals surface area contributed by atoms with Gasteiger partial charge in [0.2, 0.25) is 0 Å². The van der Waals surface area contributed by atoms with E-state index < -0.39 is 0 Å². The summed E-state index contributed by atoms with van der Waals surface area (Å²) in [6, 6.07) is 4.76.